The molecule has 3 rings (SSSR count). The normalized spacial score (nSPS) is 10.5. The highest BCUT2D eigenvalue weighted by molar-refractivity contribution is 6.30. The van der Waals surface area contributed by atoms with Crippen LogP contribution in [0.15, 0.2) is 59.4 Å². The van der Waals surface area contributed by atoms with Crippen LogP contribution >= 0.6 is 11.6 Å². The molecule has 1 aromatic heterocycles. The first-order valence-electron chi connectivity index (χ1n) is 6.32. The molecule has 0 fully saturated rings. The minimum absolute atomic E-state index is 0.108. The minimum Gasteiger partial charge on any atom is -0.298 e. The van der Waals surface area contributed by atoms with Gasteiger partial charge >= 0.3 is 0 Å². The number of carbonyl (C=O) groups excluding carboxylic acids is 1. The Morgan fingerprint density at radius 1 is 1.00 bits per heavy atom. The highest BCUT2D eigenvalue weighted by Gasteiger charge is 2.15. The van der Waals surface area contributed by atoms with Crippen molar-refractivity contribution in [3.63, 3.8) is 0 Å². The Kier molecular flexibility index (Phi) is 3.46. The maximum Gasteiger partial charge on any atom is 0.282 e. The zero-order valence-corrected chi connectivity index (χ0v) is 11.7. The van der Waals surface area contributed by atoms with Gasteiger partial charge in [0.05, 0.1) is 11.4 Å². The molecule has 0 amide bonds. The number of nitrogens with one attached hydrogen (secondary N) is 1. The molecule has 1 N–H and O–H groups in total. The van der Waals surface area contributed by atoms with Gasteiger partial charge in [-0.3, -0.25) is 14.7 Å². The molecular weight excluding hydrogens is 288 g/mol. The molecule has 0 aliphatic carbocycles. The molecule has 21 heavy (non-hydrogen) atoms. The van der Waals surface area contributed by atoms with Crippen LogP contribution in [0.4, 0.5) is 0 Å². The third-order valence-electron chi connectivity index (χ3n) is 3.19. The summed E-state index contributed by atoms with van der Waals surface area (Å²) in [6.07, 6.45) is 0.577. The molecule has 104 valence electrons. The first kappa shape index (κ1) is 13.4. The van der Waals surface area contributed by atoms with Crippen molar-refractivity contribution in [1.29, 1.82) is 0 Å². The van der Waals surface area contributed by atoms with Crippen LogP contribution in [0.1, 0.15) is 10.4 Å². The van der Waals surface area contributed by atoms with Crippen LogP contribution in [0.3, 0.4) is 0 Å². The molecule has 1 heterocycles. The summed E-state index contributed by atoms with van der Waals surface area (Å²) in [7, 11) is 0. The van der Waals surface area contributed by atoms with Gasteiger partial charge in [0, 0.05) is 10.6 Å². The number of hydrogen-bond acceptors (Lipinski definition) is 2. The quantitative estimate of drug-likeness (QED) is 0.754. The predicted molar refractivity (Wildman–Crippen MR) is 82.2 cm³/mol. The van der Waals surface area contributed by atoms with Gasteiger partial charge in [0.2, 0.25) is 0 Å². The number of benzene rings is 2. The van der Waals surface area contributed by atoms with E-state index in [1.54, 1.807) is 24.3 Å². The molecule has 0 atom stereocenters. The van der Waals surface area contributed by atoms with Gasteiger partial charge in [-0.25, -0.2) is 4.68 Å². The Hall–Kier alpha value is -2.59. The predicted octanol–water partition coefficient (Wildman–Crippen LogP) is 3.30. The number of nitrogens with zero attached hydrogens (tertiary/aromatic N) is 1. The van der Waals surface area contributed by atoms with Crippen LogP contribution < -0.4 is 5.56 Å². The van der Waals surface area contributed by atoms with E-state index in [4.69, 9.17) is 11.6 Å². The number of aldehydes is 1. The van der Waals surface area contributed by atoms with Crippen molar-refractivity contribution in [2.45, 2.75) is 0 Å². The van der Waals surface area contributed by atoms with Crippen LogP contribution in [0, 0.1) is 0 Å². The lowest BCUT2D eigenvalue weighted by molar-refractivity contribution is 0.112. The van der Waals surface area contributed by atoms with Crippen molar-refractivity contribution < 1.29 is 4.79 Å². The second-order valence-corrected chi connectivity index (χ2v) is 4.94. The molecule has 0 aliphatic rings. The molecule has 0 radical (unpaired) electrons. The fourth-order valence-corrected chi connectivity index (χ4v) is 2.28. The summed E-state index contributed by atoms with van der Waals surface area (Å²) < 4.78 is 1.34. The summed E-state index contributed by atoms with van der Waals surface area (Å²) in [4.78, 5) is 23.6. The first-order valence-corrected chi connectivity index (χ1v) is 6.70. The lowest BCUT2D eigenvalue weighted by atomic mass is 10.1. The number of carbonyl (C=O) groups is 1. The van der Waals surface area contributed by atoms with Crippen LogP contribution in [-0.2, 0) is 0 Å². The van der Waals surface area contributed by atoms with Crippen molar-refractivity contribution in [2.24, 2.45) is 0 Å². The smallest absolute Gasteiger partial charge is 0.282 e. The Labute approximate surface area is 125 Å². The van der Waals surface area contributed by atoms with Gasteiger partial charge < -0.3 is 0 Å². The number of aromatic nitrogens is 2. The zero-order valence-electron chi connectivity index (χ0n) is 10.9. The molecule has 5 heteroatoms. The first-order chi connectivity index (χ1) is 10.2. The van der Waals surface area contributed by atoms with E-state index in [-0.39, 0.29) is 11.1 Å². The topological polar surface area (TPSA) is 54.9 Å². The van der Waals surface area contributed by atoms with Crippen LogP contribution in [0.25, 0.3) is 16.9 Å². The molecule has 3 aromatic rings. The van der Waals surface area contributed by atoms with E-state index < -0.39 is 0 Å². The number of aromatic amines is 1. The standard InChI is InChI=1S/C16H11ClN2O2/c17-12-6-8-13(9-7-12)19-16(21)14(10-20)15(18-19)11-4-2-1-3-5-11/h1-10,18H. The van der Waals surface area contributed by atoms with Crippen molar-refractivity contribution in [2.75, 3.05) is 0 Å². The van der Waals surface area contributed by atoms with E-state index in [9.17, 15) is 9.59 Å². The molecule has 0 saturated heterocycles. The lowest BCUT2D eigenvalue weighted by Gasteiger charge is -2.02. The van der Waals surface area contributed by atoms with Gasteiger partial charge in [-0.1, -0.05) is 41.9 Å². The van der Waals surface area contributed by atoms with E-state index in [1.807, 2.05) is 30.3 Å². The summed E-state index contributed by atoms with van der Waals surface area (Å²) in [5.74, 6) is 0. The Morgan fingerprint density at radius 3 is 2.29 bits per heavy atom. The maximum atomic E-state index is 12.3. The van der Waals surface area contributed by atoms with Crippen molar-refractivity contribution in [1.82, 2.24) is 9.78 Å². The third kappa shape index (κ3) is 2.41. The number of halogens is 1. The van der Waals surface area contributed by atoms with Gasteiger partial charge in [-0.15, -0.1) is 0 Å². The minimum atomic E-state index is -0.383. The summed E-state index contributed by atoms with van der Waals surface area (Å²) in [5, 5.41) is 3.56. The lowest BCUT2D eigenvalue weighted by Crippen LogP contribution is -2.16. The number of hydrogen-bond donors (Lipinski definition) is 1. The van der Waals surface area contributed by atoms with Crippen molar-refractivity contribution in [3.05, 3.63) is 75.5 Å². The zero-order chi connectivity index (χ0) is 14.8. The molecule has 2 aromatic carbocycles. The molecule has 0 aliphatic heterocycles. The van der Waals surface area contributed by atoms with Crippen molar-refractivity contribution in [3.8, 4) is 16.9 Å². The van der Waals surface area contributed by atoms with Gasteiger partial charge in [-0.2, -0.15) is 0 Å². The van der Waals surface area contributed by atoms with E-state index in [0.29, 0.717) is 22.7 Å². The molecule has 4 nitrogen and oxygen atoms in total. The summed E-state index contributed by atoms with van der Waals surface area (Å²) >= 11 is 5.84. The second-order valence-electron chi connectivity index (χ2n) is 4.50. The Bertz CT molecular complexity index is 833. The van der Waals surface area contributed by atoms with E-state index in [1.165, 1.54) is 4.68 Å². The van der Waals surface area contributed by atoms with Gasteiger partial charge in [0.25, 0.3) is 5.56 Å². The molecule has 0 spiro atoms. The molecule has 0 unspecified atom stereocenters. The van der Waals surface area contributed by atoms with Gasteiger partial charge in [0.15, 0.2) is 6.29 Å². The summed E-state index contributed by atoms with van der Waals surface area (Å²) in [6.45, 7) is 0. The molecule has 0 saturated carbocycles. The highest BCUT2D eigenvalue weighted by Crippen LogP contribution is 2.20. The van der Waals surface area contributed by atoms with Gasteiger partial charge in [0.1, 0.15) is 5.56 Å². The monoisotopic (exact) mass is 298 g/mol. The number of rotatable bonds is 3. The Balaban J connectivity index is 2.21. The van der Waals surface area contributed by atoms with Crippen LogP contribution in [-0.4, -0.2) is 16.1 Å². The number of H-pyrrole nitrogens is 1. The fraction of sp³-hybridized carbons (Fsp3) is 0. The summed E-state index contributed by atoms with van der Waals surface area (Å²) in [5.41, 5.74) is 1.63. The van der Waals surface area contributed by atoms with E-state index in [0.717, 1.165) is 5.56 Å². The molecule has 0 bridgehead atoms. The summed E-state index contributed by atoms with van der Waals surface area (Å²) in [6, 6.07) is 16.0. The van der Waals surface area contributed by atoms with Crippen LogP contribution in [0.2, 0.25) is 5.02 Å². The fourth-order valence-electron chi connectivity index (χ4n) is 2.16. The average Bonchev–Trinajstić information content (AvgIpc) is 2.86. The van der Waals surface area contributed by atoms with E-state index in [2.05, 4.69) is 5.10 Å². The highest BCUT2D eigenvalue weighted by atomic mass is 35.5. The largest absolute Gasteiger partial charge is 0.298 e. The van der Waals surface area contributed by atoms with Crippen molar-refractivity contribution >= 4 is 17.9 Å². The van der Waals surface area contributed by atoms with E-state index >= 15 is 0 Å². The second kappa shape index (κ2) is 5.42. The Morgan fingerprint density at radius 2 is 1.67 bits per heavy atom. The van der Waals surface area contributed by atoms with Gasteiger partial charge in [-0.05, 0) is 24.3 Å². The molecular formula is C16H11ClN2O2. The van der Waals surface area contributed by atoms with Crippen LogP contribution in [0.5, 0.6) is 0 Å². The average molecular weight is 299 g/mol. The third-order valence-corrected chi connectivity index (χ3v) is 3.44. The maximum absolute atomic E-state index is 12.3. The SMILES string of the molecule is O=Cc1c(-c2ccccc2)[nH]n(-c2ccc(Cl)cc2)c1=O.